The number of H-pyrrole nitrogens is 1. The molecule has 0 saturated heterocycles. The molecule has 0 fully saturated rings. The van der Waals surface area contributed by atoms with Gasteiger partial charge >= 0.3 is 5.97 Å². The fraction of sp³-hybridized carbons (Fsp3) is 0.267. The average molecular weight is 581 g/mol. The van der Waals surface area contributed by atoms with Crippen LogP contribution in [0, 0.1) is 0 Å². The molecule has 0 radical (unpaired) electrons. The van der Waals surface area contributed by atoms with Gasteiger partial charge in [0, 0.05) is 41.2 Å². The van der Waals surface area contributed by atoms with Crippen LogP contribution in [0.25, 0.3) is 11.3 Å². The van der Waals surface area contributed by atoms with Gasteiger partial charge in [0.2, 0.25) is 11.8 Å². The van der Waals surface area contributed by atoms with Gasteiger partial charge in [-0.05, 0) is 49.2 Å². The summed E-state index contributed by atoms with van der Waals surface area (Å²) < 4.78 is 10.3. The van der Waals surface area contributed by atoms with E-state index in [2.05, 4.69) is 15.6 Å². The minimum atomic E-state index is -0.982. The lowest BCUT2D eigenvalue weighted by molar-refractivity contribution is -0.137. The van der Waals surface area contributed by atoms with Crippen molar-refractivity contribution in [2.24, 2.45) is 5.73 Å². The van der Waals surface area contributed by atoms with E-state index in [9.17, 15) is 19.2 Å². The van der Waals surface area contributed by atoms with Gasteiger partial charge in [0.15, 0.2) is 0 Å². The van der Waals surface area contributed by atoms with Crippen molar-refractivity contribution in [2.45, 2.75) is 38.3 Å². The first-order valence-corrected chi connectivity index (χ1v) is 13.4. The van der Waals surface area contributed by atoms with Crippen molar-refractivity contribution in [3.8, 4) is 17.0 Å². The molecule has 2 atom stereocenters. The minimum absolute atomic E-state index is 0.0218. The molecule has 216 valence electrons. The number of rotatable bonds is 14. The molecule has 10 nitrogen and oxygen atoms in total. The highest BCUT2D eigenvalue weighted by Gasteiger charge is 2.25. The van der Waals surface area contributed by atoms with Crippen LogP contribution in [0.1, 0.15) is 35.8 Å². The number of primary amides is 1. The molecular weight excluding hydrogens is 548 g/mol. The Hall–Kier alpha value is -4.57. The van der Waals surface area contributed by atoms with Crippen LogP contribution in [-0.4, -0.2) is 54.5 Å². The Bertz CT molecular complexity index is 1390. The number of halogens is 1. The molecule has 0 aliphatic rings. The fourth-order valence-corrected chi connectivity index (χ4v) is 4.23. The van der Waals surface area contributed by atoms with E-state index >= 15 is 0 Å². The number of ether oxygens (including phenoxy) is 2. The number of amides is 3. The molecule has 41 heavy (non-hydrogen) atoms. The lowest BCUT2D eigenvalue weighted by Crippen LogP contribution is -2.50. The van der Waals surface area contributed by atoms with Crippen molar-refractivity contribution >= 4 is 35.3 Å². The van der Waals surface area contributed by atoms with E-state index in [4.69, 9.17) is 26.8 Å². The third-order valence-electron chi connectivity index (χ3n) is 6.07. The van der Waals surface area contributed by atoms with Crippen LogP contribution in [0.2, 0.25) is 5.02 Å². The number of hydrogen-bond acceptors (Lipinski definition) is 6. The van der Waals surface area contributed by atoms with Crippen molar-refractivity contribution in [3.05, 3.63) is 89.1 Å². The summed E-state index contributed by atoms with van der Waals surface area (Å²) in [5, 5.41) is 6.10. The number of carbonyl (C=O) groups is 4. The van der Waals surface area contributed by atoms with Gasteiger partial charge in [-0.2, -0.15) is 0 Å². The number of hydrogen-bond donors (Lipinski definition) is 4. The predicted molar refractivity (Wildman–Crippen MR) is 155 cm³/mol. The molecule has 3 rings (SSSR count). The molecule has 3 aromatic rings. The Balaban J connectivity index is 1.82. The Kier molecular flexibility index (Phi) is 11.5. The van der Waals surface area contributed by atoms with Gasteiger partial charge in [0.1, 0.15) is 17.5 Å². The fourth-order valence-electron chi connectivity index (χ4n) is 4.05. The zero-order valence-corrected chi connectivity index (χ0v) is 23.6. The van der Waals surface area contributed by atoms with Crippen LogP contribution in [0.3, 0.4) is 0 Å². The Morgan fingerprint density at radius 3 is 2.49 bits per heavy atom. The first kappa shape index (κ1) is 31.0. The van der Waals surface area contributed by atoms with Crippen molar-refractivity contribution in [1.82, 2.24) is 15.6 Å². The summed E-state index contributed by atoms with van der Waals surface area (Å²) in [6.07, 6.45) is 2.95. The second-order valence-electron chi connectivity index (χ2n) is 9.08. The van der Waals surface area contributed by atoms with Gasteiger partial charge in [-0.25, -0.2) is 4.79 Å². The smallest absolute Gasteiger partial charge is 0.330 e. The Morgan fingerprint density at radius 2 is 1.80 bits per heavy atom. The van der Waals surface area contributed by atoms with Crippen LogP contribution >= 0.6 is 11.6 Å². The third kappa shape index (κ3) is 9.54. The summed E-state index contributed by atoms with van der Waals surface area (Å²) >= 11 is 6.16. The summed E-state index contributed by atoms with van der Waals surface area (Å²) in [6, 6.07) is 16.0. The molecule has 3 amide bonds. The predicted octanol–water partition coefficient (Wildman–Crippen LogP) is 3.55. The average Bonchev–Trinajstić information content (AvgIpc) is 3.45. The van der Waals surface area contributed by atoms with Crippen LogP contribution < -0.4 is 21.1 Å². The topological polar surface area (TPSA) is 153 Å². The molecule has 0 unspecified atom stereocenters. The Morgan fingerprint density at radius 1 is 1.05 bits per heavy atom. The quantitative estimate of drug-likeness (QED) is 0.169. The van der Waals surface area contributed by atoms with Gasteiger partial charge < -0.3 is 30.8 Å². The first-order valence-electron chi connectivity index (χ1n) is 13.0. The van der Waals surface area contributed by atoms with E-state index in [-0.39, 0.29) is 31.6 Å². The van der Waals surface area contributed by atoms with Gasteiger partial charge in [-0.3, -0.25) is 14.4 Å². The summed E-state index contributed by atoms with van der Waals surface area (Å²) in [6.45, 7) is 1.87. The highest BCUT2D eigenvalue weighted by Crippen LogP contribution is 2.32. The minimum Gasteiger partial charge on any atom is -0.496 e. The normalized spacial score (nSPS) is 12.4. The van der Waals surface area contributed by atoms with Crippen molar-refractivity contribution in [2.75, 3.05) is 13.7 Å². The van der Waals surface area contributed by atoms with E-state index in [1.807, 2.05) is 30.3 Å². The molecule has 1 aromatic heterocycles. The molecule has 0 aliphatic carbocycles. The molecule has 1 heterocycles. The maximum absolute atomic E-state index is 13.5. The van der Waals surface area contributed by atoms with Gasteiger partial charge in [0.25, 0.3) is 5.91 Å². The first-order chi connectivity index (χ1) is 19.7. The number of methoxy groups -OCH3 is 1. The van der Waals surface area contributed by atoms with Crippen molar-refractivity contribution in [1.29, 1.82) is 0 Å². The van der Waals surface area contributed by atoms with E-state index in [0.717, 1.165) is 5.56 Å². The zero-order chi connectivity index (χ0) is 29.8. The van der Waals surface area contributed by atoms with Crippen LogP contribution in [0.15, 0.2) is 72.8 Å². The molecule has 11 heteroatoms. The number of aromatic amines is 1. The van der Waals surface area contributed by atoms with Gasteiger partial charge in [-0.15, -0.1) is 0 Å². The van der Waals surface area contributed by atoms with E-state index < -0.39 is 35.8 Å². The molecular formula is C30H33ClN4O6. The van der Waals surface area contributed by atoms with E-state index in [1.54, 1.807) is 37.3 Å². The molecule has 2 aromatic carbocycles. The molecule has 5 N–H and O–H groups in total. The number of nitrogens with two attached hydrogens (primary N) is 1. The highest BCUT2D eigenvalue weighted by atomic mass is 35.5. The largest absolute Gasteiger partial charge is 0.496 e. The monoisotopic (exact) mass is 580 g/mol. The van der Waals surface area contributed by atoms with Gasteiger partial charge in [-0.1, -0.05) is 48.0 Å². The van der Waals surface area contributed by atoms with E-state index in [1.165, 1.54) is 19.3 Å². The van der Waals surface area contributed by atoms with Gasteiger partial charge in [0.05, 0.1) is 13.7 Å². The lowest BCUT2D eigenvalue weighted by atomic mass is 10.0. The van der Waals surface area contributed by atoms with Crippen LogP contribution in [0.5, 0.6) is 5.75 Å². The van der Waals surface area contributed by atoms with E-state index in [0.29, 0.717) is 22.0 Å². The summed E-state index contributed by atoms with van der Waals surface area (Å²) in [5.41, 5.74) is 7.61. The number of nitrogens with one attached hydrogen (secondary N) is 3. The molecule has 0 spiro atoms. The summed E-state index contributed by atoms with van der Waals surface area (Å²) in [7, 11) is 1.54. The standard InChI is InChI=1S/C30H33ClN4O6/c1-3-41-28(37)16-11-21(10-15-27(32)36)33-30(39)25(17-19-7-5-4-6-8-19)35-29(38)24-13-12-23(34-24)22-18-20(31)9-14-26(22)40-2/h4-9,11-14,16,18,21,25,34H,3,10,15,17H2,1-2H3,(H2,32,36)(H,33,39)(H,35,38)/b16-11+/t21-,25-/m0/s1. The molecule has 0 saturated carbocycles. The SMILES string of the molecule is CCOC(=O)/C=C/[C@H](CCC(N)=O)NC(=O)[C@H](Cc1ccccc1)NC(=O)c1ccc(-c2cc(Cl)ccc2OC)[nH]1. The number of esters is 1. The second-order valence-corrected chi connectivity index (χ2v) is 9.51. The lowest BCUT2D eigenvalue weighted by Gasteiger charge is -2.22. The van der Waals surface area contributed by atoms with Crippen molar-refractivity contribution < 1.29 is 28.7 Å². The molecule has 0 aliphatic heterocycles. The van der Waals surface area contributed by atoms with Crippen molar-refractivity contribution in [3.63, 3.8) is 0 Å². The second kappa shape index (κ2) is 15.3. The number of aromatic nitrogens is 1. The maximum Gasteiger partial charge on any atom is 0.330 e. The summed E-state index contributed by atoms with van der Waals surface area (Å²) in [5.74, 6) is -1.58. The van der Waals surface area contributed by atoms with Crippen LogP contribution in [-0.2, 0) is 25.5 Å². The summed E-state index contributed by atoms with van der Waals surface area (Å²) in [4.78, 5) is 53.0. The highest BCUT2D eigenvalue weighted by molar-refractivity contribution is 6.31. The molecule has 0 bridgehead atoms. The zero-order valence-electron chi connectivity index (χ0n) is 22.8. The maximum atomic E-state index is 13.5. The third-order valence-corrected chi connectivity index (χ3v) is 6.30. The Labute approximate surface area is 243 Å². The number of carbonyl (C=O) groups excluding carboxylic acids is 4. The van der Waals surface area contributed by atoms with Crippen LogP contribution in [0.4, 0.5) is 0 Å². The number of benzene rings is 2.